The van der Waals surface area contributed by atoms with Gasteiger partial charge in [0.15, 0.2) is 11.5 Å². The molecule has 0 aliphatic rings. The van der Waals surface area contributed by atoms with Crippen LogP contribution in [0.15, 0.2) is 47.4 Å². The Morgan fingerprint density at radius 1 is 1.08 bits per heavy atom. The van der Waals surface area contributed by atoms with Crippen LogP contribution in [-0.4, -0.2) is 47.5 Å². The molecule has 0 heterocycles. The average Bonchev–Trinajstić information content (AvgIpc) is 2.67. The number of ether oxygens (including phenoxy) is 2. The number of nitrogens with zero attached hydrogens (tertiary/aromatic N) is 1. The fourth-order valence-electron chi connectivity index (χ4n) is 2.46. The molecule has 1 amide bonds. The molecule has 0 atom stereocenters. The van der Waals surface area contributed by atoms with E-state index in [4.69, 9.17) is 9.47 Å². The van der Waals surface area contributed by atoms with Crippen LogP contribution < -0.4 is 14.2 Å². The van der Waals surface area contributed by atoms with Crippen molar-refractivity contribution in [2.24, 2.45) is 0 Å². The predicted molar refractivity (Wildman–Crippen MR) is 98.0 cm³/mol. The van der Waals surface area contributed by atoms with Gasteiger partial charge in [-0.15, -0.1) is 0 Å². The molecular weight excluding hydrogens is 356 g/mol. The zero-order valence-electron chi connectivity index (χ0n) is 15.1. The fourth-order valence-corrected chi connectivity index (χ4v) is 3.23. The number of benzene rings is 2. The maximum Gasteiger partial charge on any atom is 0.253 e. The van der Waals surface area contributed by atoms with E-state index in [0.717, 1.165) is 5.56 Å². The normalized spacial score (nSPS) is 11.1. The van der Waals surface area contributed by atoms with Gasteiger partial charge >= 0.3 is 0 Å². The van der Waals surface area contributed by atoms with Crippen LogP contribution in [0.25, 0.3) is 0 Å². The molecule has 2 aromatic rings. The van der Waals surface area contributed by atoms with Crippen molar-refractivity contribution >= 4 is 15.9 Å². The molecule has 0 aliphatic carbocycles. The maximum atomic E-state index is 12.6. The van der Waals surface area contributed by atoms with Gasteiger partial charge in [0.2, 0.25) is 10.0 Å². The third-order valence-electron chi connectivity index (χ3n) is 3.87. The summed E-state index contributed by atoms with van der Waals surface area (Å²) in [6.07, 6.45) is 0. The molecule has 0 unspecified atom stereocenters. The Balaban J connectivity index is 2.21. The molecule has 0 bridgehead atoms. The third kappa shape index (κ3) is 4.33. The van der Waals surface area contributed by atoms with E-state index in [1.54, 1.807) is 45.5 Å². The van der Waals surface area contributed by atoms with Crippen molar-refractivity contribution in [1.29, 1.82) is 0 Å². The number of hydrogen-bond donors (Lipinski definition) is 1. The highest BCUT2D eigenvalue weighted by atomic mass is 32.2. The Kier molecular flexibility index (Phi) is 6.23. The number of rotatable bonds is 7. The lowest BCUT2D eigenvalue weighted by atomic mass is 10.1. The minimum atomic E-state index is -3.61. The van der Waals surface area contributed by atoms with E-state index in [2.05, 4.69) is 4.72 Å². The minimum absolute atomic E-state index is 0.0466. The Hall–Kier alpha value is -2.58. The van der Waals surface area contributed by atoms with E-state index in [0.29, 0.717) is 23.6 Å². The summed E-state index contributed by atoms with van der Waals surface area (Å²) >= 11 is 0. The second-order valence-electron chi connectivity index (χ2n) is 5.59. The van der Waals surface area contributed by atoms with Gasteiger partial charge in [-0.3, -0.25) is 4.79 Å². The molecule has 2 rings (SSSR count). The average molecular weight is 378 g/mol. The highest BCUT2D eigenvalue weighted by Gasteiger charge is 2.17. The van der Waals surface area contributed by atoms with Crippen molar-refractivity contribution in [2.45, 2.75) is 11.4 Å². The summed E-state index contributed by atoms with van der Waals surface area (Å²) in [5.41, 5.74) is 1.15. The predicted octanol–water partition coefficient (Wildman–Crippen LogP) is 1.88. The summed E-state index contributed by atoms with van der Waals surface area (Å²) in [7, 11) is 2.47. The van der Waals surface area contributed by atoms with E-state index >= 15 is 0 Å². The van der Waals surface area contributed by atoms with Crippen molar-refractivity contribution in [1.82, 2.24) is 9.62 Å². The van der Waals surface area contributed by atoms with Gasteiger partial charge in [-0.1, -0.05) is 12.1 Å². The van der Waals surface area contributed by atoms with Crippen molar-refractivity contribution in [2.75, 3.05) is 28.3 Å². The van der Waals surface area contributed by atoms with Crippen molar-refractivity contribution in [3.05, 3.63) is 53.6 Å². The summed E-state index contributed by atoms with van der Waals surface area (Å²) in [6.45, 7) is 0.336. The van der Waals surface area contributed by atoms with Crippen LogP contribution in [0.3, 0.4) is 0 Å². The lowest BCUT2D eigenvalue weighted by molar-refractivity contribution is 0.0784. The second kappa shape index (κ2) is 8.20. The first-order valence-corrected chi connectivity index (χ1v) is 9.30. The molecule has 0 aliphatic heterocycles. The molecule has 0 saturated carbocycles. The van der Waals surface area contributed by atoms with Crippen LogP contribution >= 0.6 is 0 Å². The number of nitrogens with one attached hydrogen (secondary N) is 1. The number of hydrogen-bond acceptors (Lipinski definition) is 5. The summed E-state index contributed by atoms with van der Waals surface area (Å²) in [5, 5.41) is 0. The fraction of sp³-hybridized carbons (Fsp3) is 0.278. The van der Waals surface area contributed by atoms with Crippen molar-refractivity contribution in [3.63, 3.8) is 0 Å². The van der Waals surface area contributed by atoms with Crippen LogP contribution in [-0.2, 0) is 16.6 Å². The second-order valence-corrected chi connectivity index (χ2v) is 7.47. The smallest absolute Gasteiger partial charge is 0.253 e. The van der Waals surface area contributed by atoms with Gasteiger partial charge in [-0.25, -0.2) is 13.1 Å². The SMILES string of the molecule is CNS(=O)(=O)c1cccc(C(=O)N(C)Cc2ccc(OC)c(OC)c2)c1. The molecule has 2 aromatic carbocycles. The maximum absolute atomic E-state index is 12.6. The van der Waals surface area contributed by atoms with E-state index in [-0.39, 0.29) is 10.8 Å². The van der Waals surface area contributed by atoms with Gasteiger partial charge in [-0.2, -0.15) is 0 Å². The third-order valence-corrected chi connectivity index (χ3v) is 5.29. The largest absolute Gasteiger partial charge is 0.493 e. The van der Waals surface area contributed by atoms with E-state index < -0.39 is 10.0 Å². The first-order valence-electron chi connectivity index (χ1n) is 7.82. The molecule has 1 N–H and O–H groups in total. The highest BCUT2D eigenvalue weighted by molar-refractivity contribution is 7.89. The Morgan fingerprint density at radius 2 is 1.77 bits per heavy atom. The van der Waals surface area contributed by atoms with Gasteiger partial charge in [0.1, 0.15) is 0 Å². The Bertz CT molecular complexity index is 896. The van der Waals surface area contributed by atoms with Crippen LogP contribution in [0.4, 0.5) is 0 Å². The topological polar surface area (TPSA) is 84.9 Å². The summed E-state index contributed by atoms with van der Waals surface area (Å²) in [6, 6.07) is 11.3. The number of carbonyl (C=O) groups excluding carboxylic acids is 1. The van der Waals surface area contributed by atoms with Gasteiger partial charge in [0.05, 0.1) is 19.1 Å². The standard InChI is InChI=1S/C18H22N2O5S/c1-19-26(22,23)15-7-5-6-14(11-15)18(21)20(2)12-13-8-9-16(24-3)17(10-13)25-4/h5-11,19H,12H2,1-4H3. The van der Waals surface area contributed by atoms with Gasteiger partial charge < -0.3 is 14.4 Å². The van der Waals surface area contributed by atoms with Crippen LogP contribution in [0.5, 0.6) is 11.5 Å². The zero-order valence-corrected chi connectivity index (χ0v) is 16.0. The first-order chi connectivity index (χ1) is 12.3. The van der Waals surface area contributed by atoms with Gasteiger partial charge in [0, 0.05) is 19.2 Å². The Labute approximate surface area is 153 Å². The monoisotopic (exact) mass is 378 g/mol. The molecule has 0 radical (unpaired) electrons. The number of methoxy groups -OCH3 is 2. The zero-order chi connectivity index (χ0) is 19.3. The van der Waals surface area contributed by atoms with Crippen molar-refractivity contribution in [3.8, 4) is 11.5 Å². The minimum Gasteiger partial charge on any atom is -0.493 e. The van der Waals surface area contributed by atoms with Crippen LogP contribution in [0, 0.1) is 0 Å². The lowest BCUT2D eigenvalue weighted by Crippen LogP contribution is -2.26. The van der Waals surface area contributed by atoms with E-state index in [9.17, 15) is 13.2 Å². The molecule has 0 saturated heterocycles. The molecule has 8 heteroatoms. The first kappa shape index (κ1) is 19.7. The summed E-state index contributed by atoms with van der Waals surface area (Å²) in [4.78, 5) is 14.2. The molecule has 0 fully saturated rings. The number of carbonyl (C=O) groups is 1. The quantitative estimate of drug-likeness (QED) is 0.795. The summed E-state index contributed by atoms with van der Waals surface area (Å²) in [5.74, 6) is 0.899. The van der Waals surface area contributed by atoms with Crippen LogP contribution in [0.2, 0.25) is 0 Å². The molecule has 140 valence electrons. The molecule has 0 aromatic heterocycles. The number of sulfonamides is 1. The van der Waals surface area contributed by atoms with Crippen LogP contribution in [0.1, 0.15) is 15.9 Å². The molecule has 26 heavy (non-hydrogen) atoms. The lowest BCUT2D eigenvalue weighted by Gasteiger charge is -2.18. The van der Waals surface area contributed by atoms with Crippen molar-refractivity contribution < 1.29 is 22.7 Å². The molecule has 0 spiro atoms. The molecular formula is C18H22N2O5S. The Morgan fingerprint density at radius 3 is 2.38 bits per heavy atom. The summed E-state index contributed by atoms with van der Waals surface area (Å²) < 4.78 is 36.5. The van der Waals surface area contributed by atoms with E-state index in [1.165, 1.54) is 24.1 Å². The molecule has 7 nitrogen and oxygen atoms in total. The van der Waals surface area contributed by atoms with Gasteiger partial charge in [0.25, 0.3) is 5.91 Å². The van der Waals surface area contributed by atoms with E-state index in [1.807, 2.05) is 6.07 Å². The number of amides is 1. The highest BCUT2D eigenvalue weighted by Crippen LogP contribution is 2.28. The van der Waals surface area contributed by atoms with Gasteiger partial charge in [-0.05, 0) is 42.9 Å².